The number of aryl methyl sites for hydroxylation is 1. The second kappa shape index (κ2) is 5.32. The van der Waals surface area contributed by atoms with Crippen molar-refractivity contribution in [2.75, 3.05) is 5.32 Å². The zero-order valence-corrected chi connectivity index (χ0v) is 10.8. The Morgan fingerprint density at radius 1 is 1.56 bits per heavy atom. The van der Waals surface area contributed by atoms with Crippen molar-refractivity contribution in [3.05, 3.63) is 24.0 Å². The van der Waals surface area contributed by atoms with E-state index in [1.54, 1.807) is 24.6 Å². The normalized spacial score (nSPS) is 12.0. The van der Waals surface area contributed by atoms with Gasteiger partial charge in [0.25, 0.3) is 0 Å². The molecule has 1 aromatic heterocycles. The molecular weight excluding hydrogens is 259 g/mol. The number of nitrogens with two attached hydrogens (primary N) is 1. The quantitative estimate of drug-likeness (QED) is 0.868. The molecule has 0 fully saturated rings. The maximum atomic E-state index is 13.0. The van der Waals surface area contributed by atoms with Crippen LogP contribution >= 0.6 is 12.4 Å². The number of halogens is 2. The first-order valence-corrected chi connectivity index (χ1v) is 5.17. The number of nitrogens with zero attached hydrogens (tertiary/aromatic N) is 2. The molecule has 1 heterocycles. The number of imidazole rings is 1. The van der Waals surface area contributed by atoms with E-state index in [9.17, 15) is 9.18 Å². The van der Waals surface area contributed by atoms with Gasteiger partial charge >= 0.3 is 0 Å². The molecule has 18 heavy (non-hydrogen) atoms. The summed E-state index contributed by atoms with van der Waals surface area (Å²) in [6.45, 7) is 1.58. The van der Waals surface area contributed by atoms with Gasteiger partial charge < -0.3 is 10.3 Å². The average molecular weight is 273 g/mol. The van der Waals surface area contributed by atoms with Crippen LogP contribution < -0.4 is 11.1 Å². The molecule has 1 atom stereocenters. The van der Waals surface area contributed by atoms with Crippen molar-refractivity contribution in [3.63, 3.8) is 0 Å². The molecule has 2 rings (SSSR count). The summed E-state index contributed by atoms with van der Waals surface area (Å²) in [6, 6.07) is 3.66. The largest absolute Gasteiger partial charge is 0.320 e. The third-order valence-electron chi connectivity index (χ3n) is 2.49. The van der Waals surface area contributed by atoms with E-state index in [2.05, 4.69) is 10.3 Å². The Kier molecular flexibility index (Phi) is 4.26. The molecule has 1 aromatic carbocycles. The van der Waals surface area contributed by atoms with Crippen LogP contribution in [0, 0.1) is 5.82 Å². The minimum Gasteiger partial charge on any atom is -0.320 e. The molecule has 1 amide bonds. The fourth-order valence-corrected chi connectivity index (χ4v) is 1.51. The number of hydrogen-bond acceptors (Lipinski definition) is 3. The van der Waals surface area contributed by atoms with E-state index in [0.29, 0.717) is 11.5 Å². The molecule has 2 aromatic rings. The summed E-state index contributed by atoms with van der Waals surface area (Å²) in [5.74, 6) is -0.336. The van der Waals surface area contributed by atoms with Crippen LogP contribution in [0.15, 0.2) is 18.2 Å². The van der Waals surface area contributed by atoms with Crippen LogP contribution in [-0.4, -0.2) is 21.5 Å². The molecule has 0 aliphatic heterocycles. The Balaban J connectivity index is 0.00000162. The SMILES string of the molecule is C[C@H](N)C(=O)Nc1nc2cc(F)ccc2n1C.Cl. The lowest BCUT2D eigenvalue weighted by Gasteiger charge is -2.06. The monoisotopic (exact) mass is 272 g/mol. The highest BCUT2D eigenvalue weighted by Gasteiger charge is 2.13. The van der Waals surface area contributed by atoms with E-state index in [-0.39, 0.29) is 24.1 Å². The van der Waals surface area contributed by atoms with E-state index in [1.165, 1.54) is 12.1 Å². The highest BCUT2D eigenvalue weighted by Crippen LogP contribution is 2.19. The van der Waals surface area contributed by atoms with E-state index >= 15 is 0 Å². The number of benzene rings is 1. The highest BCUT2D eigenvalue weighted by atomic mass is 35.5. The standard InChI is InChI=1S/C11H13FN4O.ClH/c1-6(13)10(17)15-11-14-8-5-7(12)3-4-9(8)16(11)2;/h3-6H,13H2,1-2H3,(H,14,15,17);1H/t6-;/m0./s1. The third kappa shape index (κ3) is 2.60. The minimum absolute atomic E-state index is 0. The lowest BCUT2D eigenvalue weighted by Crippen LogP contribution is -2.33. The Bertz CT molecular complexity index is 582. The number of aromatic nitrogens is 2. The second-order valence-corrected chi connectivity index (χ2v) is 3.91. The van der Waals surface area contributed by atoms with Crippen molar-refractivity contribution < 1.29 is 9.18 Å². The summed E-state index contributed by atoms with van der Waals surface area (Å²) in [4.78, 5) is 15.6. The number of carbonyl (C=O) groups excluding carboxylic acids is 1. The molecule has 0 saturated heterocycles. The van der Waals surface area contributed by atoms with Crippen LogP contribution in [0.1, 0.15) is 6.92 Å². The molecule has 3 N–H and O–H groups in total. The lowest BCUT2D eigenvalue weighted by atomic mass is 10.3. The molecule has 0 aliphatic carbocycles. The van der Waals surface area contributed by atoms with Crippen molar-refractivity contribution >= 4 is 35.3 Å². The van der Waals surface area contributed by atoms with Crippen molar-refractivity contribution in [1.29, 1.82) is 0 Å². The van der Waals surface area contributed by atoms with Crippen LogP contribution in [0.5, 0.6) is 0 Å². The molecule has 0 bridgehead atoms. The van der Waals surface area contributed by atoms with Gasteiger partial charge in [0.2, 0.25) is 11.9 Å². The minimum atomic E-state index is -0.619. The topological polar surface area (TPSA) is 72.9 Å². The van der Waals surface area contributed by atoms with Gasteiger partial charge in [0, 0.05) is 13.1 Å². The predicted molar refractivity (Wildman–Crippen MR) is 70.2 cm³/mol. The Morgan fingerprint density at radius 2 is 2.22 bits per heavy atom. The average Bonchev–Trinajstić information content (AvgIpc) is 2.55. The summed E-state index contributed by atoms with van der Waals surface area (Å²) in [6.07, 6.45) is 0. The van der Waals surface area contributed by atoms with Gasteiger partial charge in [-0.15, -0.1) is 12.4 Å². The van der Waals surface area contributed by atoms with Gasteiger partial charge in [0.1, 0.15) is 5.82 Å². The molecule has 5 nitrogen and oxygen atoms in total. The van der Waals surface area contributed by atoms with Crippen molar-refractivity contribution in [2.45, 2.75) is 13.0 Å². The number of nitrogens with one attached hydrogen (secondary N) is 1. The van der Waals surface area contributed by atoms with Gasteiger partial charge in [0.05, 0.1) is 17.1 Å². The summed E-state index contributed by atoms with van der Waals surface area (Å²) >= 11 is 0. The van der Waals surface area contributed by atoms with Gasteiger partial charge in [0.15, 0.2) is 0 Å². The number of anilines is 1. The van der Waals surface area contributed by atoms with Gasteiger partial charge in [-0.2, -0.15) is 0 Å². The van der Waals surface area contributed by atoms with Gasteiger partial charge in [-0.25, -0.2) is 9.37 Å². The molecule has 7 heteroatoms. The fraction of sp³-hybridized carbons (Fsp3) is 0.273. The highest BCUT2D eigenvalue weighted by molar-refractivity contribution is 5.94. The van der Waals surface area contributed by atoms with Crippen molar-refractivity contribution in [1.82, 2.24) is 9.55 Å². The van der Waals surface area contributed by atoms with Crippen LogP contribution in [0.2, 0.25) is 0 Å². The Hall–Kier alpha value is -1.66. The molecule has 0 saturated carbocycles. The van der Waals surface area contributed by atoms with Crippen molar-refractivity contribution in [3.8, 4) is 0 Å². The van der Waals surface area contributed by atoms with E-state index in [0.717, 1.165) is 5.52 Å². The number of rotatable bonds is 2. The van der Waals surface area contributed by atoms with E-state index < -0.39 is 6.04 Å². The zero-order valence-electron chi connectivity index (χ0n) is 9.98. The summed E-state index contributed by atoms with van der Waals surface area (Å²) < 4.78 is 14.7. The molecule has 98 valence electrons. The number of carbonyl (C=O) groups is 1. The van der Waals surface area contributed by atoms with E-state index in [4.69, 9.17) is 5.73 Å². The zero-order chi connectivity index (χ0) is 12.6. The third-order valence-corrected chi connectivity index (χ3v) is 2.49. The Labute approximate surface area is 110 Å². The smallest absolute Gasteiger partial charge is 0.243 e. The molecule has 0 radical (unpaired) electrons. The number of fused-ring (bicyclic) bond motifs is 1. The Morgan fingerprint density at radius 3 is 2.83 bits per heavy atom. The number of amides is 1. The summed E-state index contributed by atoms with van der Waals surface area (Å²) in [5.41, 5.74) is 6.68. The van der Waals surface area contributed by atoms with Gasteiger partial charge in [-0.1, -0.05) is 0 Å². The first-order chi connectivity index (χ1) is 7.99. The van der Waals surface area contributed by atoms with Crippen LogP contribution in [0.25, 0.3) is 11.0 Å². The van der Waals surface area contributed by atoms with Crippen LogP contribution in [-0.2, 0) is 11.8 Å². The van der Waals surface area contributed by atoms with Crippen LogP contribution in [0.4, 0.5) is 10.3 Å². The van der Waals surface area contributed by atoms with Crippen LogP contribution in [0.3, 0.4) is 0 Å². The molecular formula is C11H14ClFN4O. The summed E-state index contributed by atoms with van der Waals surface area (Å²) in [7, 11) is 1.74. The summed E-state index contributed by atoms with van der Waals surface area (Å²) in [5, 5.41) is 2.58. The lowest BCUT2D eigenvalue weighted by molar-refractivity contribution is -0.117. The first-order valence-electron chi connectivity index (χ1n) is 5.17. The number of hydrogen-bond donors (Lipinski definition) is 2. The molecule has 0 spiro atoms. The van der Waals surface area contributed by atoms with Crippen molar-refractivity contribution in [2.24, 2.45) is 12.8 Å². The van der Waals surface area contributed by atoms with E-state index in [1.807, 2.05) is 0 Å². The maximum absolute atomic E-state index is 13.0. The second-order valence-electron chi connectivity index (χ2n) is 3.91. The molecule has 0 unspecified atom stereocenters. The van der Waals surface area contributed by atoms with Gasteiger partial charge in [-0.05, 0) is 19.1 Å². The molecule has 0 aliphatic rings. The predicted octanol–water partition coefficient (Wildman–Crippen LogP) is 1.42. The van der Waals surface area contributed by atoms with Gasteiger partial charge in [-0.3, -0.25) is 10.1 Å². The first kappa shape index (κ1) is 14.4. The fourth-order valence-electron chi connectivity index (χ4n) is 1.51. The maximum Gasteiger partial charge on any atom is 0.243 e.